The number of allylic oxidation sites excluding steroid dienone is 4. The Bertz CT molecular complexity index is 1610. The molecule has 5 aromatic rings. The summed E-state index contributed by atoms with van der Waals surface area (Å²) in [4.78, 5) is 0. The van der Waals surface area contributed by atoms with Gasteiger partial charge in [-0.1, -0.05) is 83.9 Å². The van der Waals surface area contributed by atoms with Gasteiger partial charge in [0.1, 0.15) is 0 Å². The van der Waals surface area contributed by atoms with Crippen molar-refractivity contribution in [2.45, 2.75) is 72.6 Å². The molecule has 0 amide bonds. The summed E-state index contributed by atoms with van der Waals surface area (Å²) >= 11 is 1.46. The van der Waals surface area contributed by atoms with Crippen LogP contribution in [0.2, 0.25) is 0 Å². The monoisotopic (exact) mass is 696 g/mol. The average Bonchev–Trinajstić information content (AvgIpc) is 3.54. The van der Waals surface area contributed by atoms with E-state index >= 15 is 0 Å². The predicted molar refractivity (Wildman–Crippen MR) is 181 cm³/mol. The Morgan fingerprint density at radius 1 is 0.636 bits per heavy atom. The molecule has 0 heterocycles. The minimum atomic E-state index is 0. The van der Waals surface area contributed by atoms with Crippen LogP contribution in [0.3, 0.4) is 0 Å². The second-order valence-electron chi connectivity index (χ2n) is 13.3. The molecule has 6 rings (SSSR count). The van der Waals surface area contributed by atoms with Crippen molar-refractivity contribution in [3.05, 3.63) is 149 Å². The summed E-state index contributed by atoms with van der Waals surface area (Å²) in [6.07, 6.45) is 6.22. The van der Waals surface area contributed by atoms with Gasteiger partial charge in [-0.25, -0.2) is 11.6 Å². The van der Waals surface area contributed by atoms with Gasteiger partial charge in [0.05, 0.1) is 0 Å². The van der Waals surface area contributed by atoms with Gasteiger partial charge < -0.3 is 24.8 Å². The molecule has 1 aliphatic carbocycles. The minimum absolute atomic E-state index is 0. The number of halogens is 2. The van der Waals surface area contributed by atoms with Crippen LogP contribution >= 0.6 is 0 Å². The molecule has 3 heteroatoms. The normalized spacial score (nSPS) is 12.5. The van der Waals surface area contributed by atoms with E-state index in [0.29, 0.717) is 0 Å². The van der Waals surface area contributed by atoms with E-state index in [1.54, 1.807) is 0 Å². The summed E-state index contributed by atoms with van der Waals surface area (Å²) in [5.74, 6) is 0. The van der Waals surface area contributed by atoms with Crippen molar-refractivity contribution in [2.75, 3.05) is 0 Å². The molecule has 5 aromatic carbocycles. The van der Waals surface area contributed by atoms with Gasteiger partial charge in [-0.15, -0.1) is 53.1 Å². The molecule has 0 atom stereocenters. The Labute approximate surface area is 293 Å². The molecule has 1 aliphatic rings. The van der Waals surface area contributed by atoms with Crippen LogP contribution in [0, 0.1) is 6.08 Å². The number of fused-ring (bicyclic) bond motifs is 3. The summed E-state index contributed by atoms with van der Waals surface area (Å²) in [6.45, 7) is 17.9. The van der Waals surface area contributed by atoms with Gasteiger partial charge in [-0.3, -0.25) is 6.08 Å². The van der Waals surface area contributed by atoms with Crippen LogP contribution in [-0.2, 0) is 35.1 Å². The Morgan fingerprint density at radius 3 is 1.34 bits per heavy atom. The first-order chi connectivity index (χ1) is 19.8. The average molecular weight is 699 g/mol. The van der Waals surface area contributed by atoms with E-state index in [2.05, 4.69) is 171 Å². The van der Waals surface area contributed by atoms with E-state index in [1.165, 1.54) is 82.4 Å². The van der Waals surface area contributed by atoms with E-state index < -0.39 is 0 Å². The summed E-state index contributed by atoms with van der Waals surface area (Å²) in [5.41, 5.74) is 8.72. The molecule has 0 radical (unpaired) electrons. The molecule has 0 nitrogen and oxygen atoms in total. The molecular weight excluding hydrogens is 655 g/mol. The fourth-order valence-electron chi connectivity index (χ4n) is 4.95. The van der Waals surface area contributed by atoms with Crippen molar-refractivity contribution in [1.29, 1.82) is 0 Å². The van der Waals surface area contributed by atoms with E-state index in [-0.39, 0.29) is 35.6 Å². The van der Waals surface area contributed by atoms with E-state index in [0.717, 1.165) is 6.42 Å². The first-order valence-corrected chi connectivity index (χ1v) is 16.1. The Balaban J connectivity index is 0.000000253. The number of hydrogen-bond acceptors (Lipinski definition) is 0. The molecule has 44 heavy (non-hydrogen) atoms. The van der Waals surface area contributed by atoms with Gasteiger partial charge in [0.2, 0.25) is 0 Å². The molecule has 0 aliphatic heterocycles. The van der Waals surface area contributed by atoms with Crippen LogP contribution in [0.4, 0.5) is 0 Å². The first-order valence-electron chi connectivity index (χ1n) is 14.9. The van der Waals surface area contributed by atoms with Crippen molar-refractivity contribution in [3.63, 3.8) is 0 Å². The molecule has 0 spiro atoms. The van der Waals surface area contributed by atoms with Gasteiger partial charge in [0, 0.05) is 0 Å². The number of benzene rings is 4. The summed E-state index contributed by atoms with van der Waals surface area (Å²) in [6, 6.07) is 37.3. The summed E-state index contributed by atoms with van der Waals surface area (Å²) < 4.78 is 1.42. The van der Waals surface area contributed by atoms with E-state index in [1.807, 2.05) is 0 Å². The van der Waals surface area contributed by atoms with Crippen LogP contribution in [0.25, 0.3) is 21.5 Å². The fraction of sp³-hybridized carbons (Fsp3) is 0.268. The molecule has 0 fully saturated rings. The van der Waals surface area contributed by atoms with Crippen molar-refractivity contribution < 1.29 is 49.0 Å². The van der Waals surface area contributed by atoms with E-state index in [9.17, 15) is 0 Å². The van der Waals surface area contributed by atoms with Crippen molar-refractivity contribution in [2.24, 2.45) is 0 Å². The molecule has 0 saturated heterocycles. The maximum atomic E-state index is 3.12. The Hall–Kier alpha value is -2.44. The molecule has 228 valence electrons. The zero-order valence-corrected chi connectivity index (χ0v) is 31.3. The van der Waals surface area contributed by atoms with Crippen LogP contribution < -0.4 is 24.8 Å². The zero-order chi connectivity index (χ0) is 30.5. The van der Waals surface area contributed by atoms with Gasteiger partial charge >= 0.3 is 99.2 Å². The number of rotatable bonds is 2. The Morgan fingerprint density at radius 2 is 1.05 bits per heavy atom. The van der Waals surface area contributed by atoms with Crippen LogP contribution in [-0.4, -0.2) is 3.21 Å². The second kappa shape index (κ2) is 16.2. The quantitative estimate of drug-likeness (QED) is 0.223. The van der Waals surface area contributed by atoms with Gasteiger partial charge in [0.25, 0.3) is 0 Å². The standard InChI is InChI=1S/C21H25.C13H10.C7H9.2ClH.Zr/c1-20(2,3)16-7-9-18-14(12-16)11-15-13-17(21(4,5)6)8-10-19(15)18;1-3-7-12(8-4-1)11-13-9-5-2-6-10-13;1-6-4-3-5-7(6)2;;;/h7-13H,1-6H3;1-10H;4H,5H2,1-2H3;2*1H;/q-1;;-1;;;+2/p-2. The summed E-state index contributed by atoms with van der Waals surface area (Å²) in [7, 11) is 0. The molecule has 0 N–H and O–H groups in total. The predicted octanol–water partition coefficient (Wildman–Crippen LogP) is 5.20. The van der Waals surface area contributed by atoms with Crippen molar-refractivity contribution in [3.8, 4) is 0 Å². The van der Waals surface area contributed by atoms with Crippen molar-refractivity contribution >= 4 is 24.8 Å². The van der Waals surface area contributed by atoms with Crippen LogP contribution in [0.5, 0.6) is 0 Å². The SMILES string of the molecule is CC(C)(C)c1ccc2c(c1)[cH-]c1cc(C(C)(C)C)ccc12.CC1=C(C)C[C-]=C1.[Cl-].[Cl-].[Zr+2]=[C](c1ccccc1)c1ccccc1. The van der Waals surface area contributed by atoms with Gasteiger partial charge in [-0.2, -0.15) is 5.57 Å². The fourth-order valence-corrected chi connectivity index (χ4v) is 5.77. The third-order valence-corrected chi connectivity index (χ3v) is 9.34. The summed E-state index contributed by atoms with van der Waals surface area (Å²) in [5, 5.41) is 5.48. The molecule has 0 saturated carbocycles. The first kappa shape index (κ1) is 37.7. The molecule has 0 bridgehead atoms. The van der Waals surface area contributed by atoms with Gasteiger partial charge in [0.15, 0.2) is 0 Å². The zero-order valence-electron chi connectivity index (χ0n) is 27.4. The molecular formula is C41H44Cl2Zr-2. The molecule has 0 unspecified atom stereocenters. The maximum absolute atomic E-state index is 3.12. The van der Waals surface area contributed by atoms with Crippen LogP contribution in [0.1, 0.15) is 84.1 Å². The Kier molecular flexibility index (Phi) is 13.9. The number of hydrogen-bond donors (Lipinski definition) is 0. The van der Waals surface area contributed by atoms with Crippen molar-refractivity contribution in [1.82, 2.24) is 0 Å². The van der Waals surface area contributed by atoms with Gasteiger partial charge in [-0.05, 0) is 10.8 Å². The topological polar surface area (TPSA) is 0 Å². The van der Waals surface area contributed by atoms with E-state index in [4.69, 9.17) is 0 Å². The van der Waals surface area contributed by atoms with Crippen LogP contribution in [0.15, 0.2) is 120 Å². The third kappa shape index (κ3) is 9.78. The second-order valence-corrected chi connectivity index (χ2v) is 14.6. The third-order valence-electron chi connectivity index (χ3n) is 7.92. The molecule has 0 aromatic heterocycles.